The number of rotatable bonds is 5. The number of fused-ring (bicyclic) bond motifs is 2. The van der Waals surface area contributed by atoms with Crippen LogP contribution in [0.3, 0.4) is 0 Å². The maximum absolute atomic E-state index is 14.6. The van der Waals surface area contributed by atoms with Gasteiger partial charge in [-0.15, -0.1) is 0 Å². The Morgan fingerprint density at radius 2 is 1.77 bits per heavy atom. The van der Waals surface area contributed by atoms with Crippen molar-refractivity contribution in [3.05, 3.63) is 110 Å². The van der Waals surface area contributed by atoms with Crippen molar-refractivity contribution in [3.63, 3.8) is 0 Å². The molecule has 202 valence electrons. The van der Waals surface area contributed by atoms with Gasteiger partial charge in [0, 0.05) is 21.8 Å². The van der Waals surface area contributed by atoms with E-state index in [1.807, 2.05) is 42.5 Å². The molecule has 0 fully saturated rings. The number of hydrogen-bond acceptors (Lipinski definition) is 6. The molecule has 0 saturated carbocycles. The number of benzene rings is 3. The third-order valence-electron chi connectivity index (χ3n) is 6.69. The SMILES string of the molecule is CC(C)(C)OC(=O)N[C@@]1(Cc2c(C#N)c(=O)oc3ccccc23)C(=O)N(Cc2ccccc2)c2cc(Br)ccc21. The molecule has 0 aliphatic carbocycles. The third-order valence-corrected chi connectivity index (χ3v) is 7.19. The van der Waals surface area contributed by atoms with E-state index >= 15 is 0 Å². The molecule has 1 aliphatic rings. The molecule has 1 atom stereocenters. The highest BCUT2D eigenvalue weighted by molar-refractivity contribution is 9.10. The lowest BCUT2D eigenvalue weighted by molar-refractivity contribution is -0.124. The number of hydrogen-bond donors (Lipinski definition) is 1. The fraction of sp³-hybridized carbons (Fsp3) is 0.226. The van der Waals surface area contributed by atoms with Gasteiger partial charge in [-0.3, -0.25) is 4.79 Å². The fourth-order valence-corrected chi connectivity index (χ4v) is 5.41. The van der Waals surface area contributed by atoms with Crippen molar-refractivity contribution in [2.45, 2.75) is 44.9 Å². The van der Waals surface area contributed by atoms with Crippen LogP contribution < -0.4 is 15.8 Å². The summed E-state index contributed by atoms with van der Waals surface area (Å²) >= 11 is 3.51. The van der Waals surface area contributed by atoms with Crippen LogP contribution in [-0.2, 0) is 28.0 Å². The van der Waals surface area contributed by atoms with Crippen LogP contribution in [0, 0.1) is 11.3 Å². The van der Waals surface area contributed by atoms with Gasteiger partial charge in [0.1, 0.15) is 22.8 Å². The van der Waals surface area contributed by atoms with Crippen LogP contribution in [0.4, 0.5) is 10.5 Å². The largest absolute Gasteiger partial charge is 0.444 e. The highest BCUT2D eigenvalue weighted by Crippen LogP contribution is 2.45. The van der Waals surface area contributed by atoms with Gasteiger partial charge in [-0.05, 0) is 50.1 Å². The molecule has 0 radical (unpaired) electrons. The number of nitrogens with one attached hydrogen (secondary N) is 1. The lowest BCUT2D eigenvalue weighted by Gasteiger charge is -2.32. The van der Waals surface area contributed by atoms with Crippen LogP contribution in [0.25, 0.3) is 11.0 Å². The lowest BCUT2D eigenvalue weighted by Crippen LogP contribution is -2.55. The topological polar surface area (TPSA) is 113 Å². The maximum Gasteiger partial charge on any atom is 0.408 e. The average molecular weight is 600 g/mol. The van der Waals surface area contributed by atoms with Crippen molar-refractivity contribution in [2.75, 3.05) is 4.90 Å². The van der Waals surface area contributed by atoms with Gasteiger partial charge in [-0.25, -0.2) is 9.59 Å². The number of para-hydroxylation sites is 1. The minimum atomic E-state index is -1.69. The summed E-state index contributed by atoms with van der Waals surface area (Å²) in [6, 6.07) is 23.6. The molecular weight excluding hydrogens is 574 g/mol. The smallest absolute Gasteiger partial charge is 0.408 e. The molecule has 40 heavy (non-hydrogen) atoms. The first kappa shape index (κ1) is 27.2. The Balaban J connectivity index is 1.74. The number of carbonyl (C=O) groups is 2. The first-order valence-corrected chi connectivity index (χ1v) is 13.4. The number of anilines is 1. The zero-order valence-electron chi connectivity index (χ0n) is 22.2. The van der Waals surface area contributed by atoms with Gasteiger partial charge in [0.05, 0.1) is 12.2 Å². The summed E-state index contributed by atoms with van der Waals surface area (Å²) in [5, 5.41) is 13.3. The Kier molecular flexibility index (Phi) is 6.98. The fourth-order valence-electron chi connectivity index (χ4n) is 5.06. The number of carbonyl (C=O) groups excluding carboxylic acids is 2. The lowest BCUT2D eigenvalue weighted by atomic mass is 9.82. The van der Waals surface area contributed by atoms with E-state index in [-0.39, 0.29) is 24.1 Å². The van der Waals surface area contributed by atoms with Gasteiger partial charge in [-0.1, -0.05) is 70.5 Å². The number of ether oxygens (including phenoxy) is 1. The summed E-state index contributed by atoms with van der Waals surface area (Å²) in [6.07, 6.45) is -0.984. The number of alkyl carbamates (subject to hydrolysis) is 1. The molecule has 0 saturated heterocycles. The summed E-state index contributed by atoms with van der Waals surface area (Å²) < 4.78 is 11.7. The Bertz CT molecular complexity index is 1740. The van der Waals surface area contributed by atoms with Crippen LogP contribution in [0.2, 0.25) is 0 Å². The summed E-state index contributed by atoms with van der Waals surface area (Å²) in [7, 11) is 0. The minimum absolute atomic E-state index is 0.181. The monoisotopic (exact) mass is 599 g/mol. The first-order chi connectivity index (χ1) is 19.0. The Hall–Kier alpha value is -4.42. The number of amides is 2. The van der Waals surface area contributed by atoms with E-state index in [1.54, 1.807) is 62.1 Å². The van der Waals surface area contributed by atoms with Crippen molar-refractivity contribution in [2.24, 2.45) is 0 Å². The molecule has 4 aromatic rings. The van der Waals surface area contributed by atoms with Gasteiger partial charge in [-0.2, -0.15) is 5.26 Å². The normalized spacial score (nSPS) is 16.5. The molecule has 5 rings (SSSR count). The number of halogens is 1. The molecule has 1 aliphatic heterocycles. The van der Waals surface area contributed by atoms with Gasteiger partial charge in [0.2, 0.25) is 0 Å². The second-order valence-electron chi connectivity index (χ2n) is 10.6. The second-order valence-corrected chi connectivity index (χ2v) is 11.5. The van der Waals surface area contributed by atoms with Crippen LogP contribution in [0.1, 0.15) is 43.0 Å². The quantitative estimate of drug-likeness (QED) is 0.284. The van der Waals surface area contributed by atoms with E-state index in [0.717, 1.165) is 10.0 Å². The Morgan fingerprint density at radius 3 is 2.48 bits per heavy atom. The molecule has 2 amide bonds. The molecule has 8 nitrogen and oxygen atoms in total. The van der Waals surface area contributed by atoms with Crippen molar-refractivity contribution in [1.82, 2.24) is 5.32 Å². The number of nitriles is 1. The highest BCUT2D eigenvalue weighted by Gasteiger charge is 2.53. The van der Waals surface area contributed by atoms with Crippen molar-refractivity contribution < 1.29 is 18.7 Å². The van der Waals surface area contributed by atoms with Crippen LogP contribution in [0.5, 0.6) is 0 Å². The molecule has 0 spiro atoms. The summed E-state index contributed by atoms with van der Waals surface area (Å²) in [4.78, 5) is 42.4. The van der Waals surface area contributed by atoms with E-state index in [0.29, 0.717) is 22.2 Å². The predicted molar refractivity (Wildman–Crippen MR) is 154 cm³/mol. The molecule has 3 aromatic carbocycles. The third kappa shape index (κ3) is 4.98. The minimum Gasteiger partial charge on any atom is -0.444 e. The predicted octanol–water partition coefficient (Wildman–Crippen LogP) is 5.94. The van der Waals surface area contributed by atoms with E-state index in [9.17, 15) is 19.6 Å². The van der Waals surface area contributed by atoms with Crippen molar-refractivity contribution in [1.29, 1.82) is 5.26 Å². The Morgan fingerprint density at radius 1 is 1.07 bits per heavy atom. The molecule has 9 heteroatoms. The van der Waals surface area contributed by atoms with E-state index in [4.69, 9.17) is 9.15 Å². The van der Waals surface area contributed by atoms with Gasteiger partial charge in [0.25, 0.3) is 5.91 Å². The van der Waals surface area contributed by atoms with Crippen LogP contribution in [-0.4, -0.2) is 17.6 Å². The first-order valence-electron chi connectivity index (χ1n) is 12.6. The van der Waals surface area contributed by atoms with Crippen molar-refractivity contribution >= 4 is 44.6 Å². The molecular formula is C31H26BrN3O5. The van der Waals surface area contributed by atoms with Crippen LogP contribution >= 0.6 is 15.9 Å². The Labute approximate surface area is 239 Å². The van der Waals surface area contributed by atoms with E-state index in [1.165, 1.54) is 0 Å². The molecule has 2 heterocycles. The maximum atomic E-state index is 14.6. The zero-order chi connectivity index (χ0) is 28.7. The zero-order valence-corrected chi connectivity index (χ0v) is 23.7. The van der Waals surface area contributed by atoms with Gasteiger partial charge in [0.15, 0.2) is 5.54 Å². The second kappa shape index (κ2) is 10.3. The summed E-state index contributed by atoms with van der Waals surface area (Å²) in [5.41, 5.74) is -0.992. The average Bonchev–Trinajstić information content (AvgIpc) is 3.10. The van der Waals surface area contributed by atoms with Gasteiger partial charge >= 0.3 is 11.7 Å². The molecule has 0 bridgehead atoms. The molecule has 1 N–H and O–H groups in total. The van der Waals surface area contributed by atoms with E-state index < -0.39 is 28.8 Å². The summed E-state index contributed by atoms with van der Waals surface area (Å²) in [5.74, 6) is -0.420. The van der Waals surface area contributed by atoms with Crippen molar-refractivity contribution in [3.8, 4) is 6.07 Å². The van der Waals surface area contributed by atoms with Crippen LogP contribution in [0.15, 0.2) is 86.5 Å². The molecule has 1 aromatic heterocycles. The number of nitrogens with zero attached hydrogens (tertiary/aromatic N) is 2. The van der Waals surface area contributed by atoms with E-state index in [2.05, 4.69) is 21.2 Å². The van der Waals surface area contributed by atoms with Gasteiger partial charge < -0.3 is 19.4 Å². The molecule has 0 unspecified atom stereocenters. The summed E-state index contributed by atoms with van der Waals surface area (Å²) in [6.45, 7) is 5.42. The highest BCUT2D eigenvalue weighted by atomic mass is 79.9. The standard InChI is InChI=1S/C31H26BrN3O5/c1-30(2,3)40-29(38)34-31(16-22-21-11-7-8-12-26(21)39-27(36)23(22)17-33)24-14-13-20(32)15-25(24)35(28(31)37)18-19-9-5-4-6-10-19/h4-15H,16,18H2,1-3H3,(H,34,38)/t31-/m1/s1.